The summed E-state index contributed by atoms with van der Waals surface area (Å²) in [6.07, 6.45) is 8.84. The fourth-order valence-corrected chi connectivity index (χ4v) is 1.48. The van der Waals surface area contributed by atoms with Crippen molar-refractivity contribution in [1.29, 1.82) is 0 Å². The van der Waals surface area contributed by atoms with E-state index in [-0.39, 0.29) is 25.2 Å². The summed E-state index contributed by atoms with van der Waals surface area (Å²) in [6, 6.07) is 0. The number of esters is 3. The first-order valence-electron chi connectivity index (χ1n) is 9.92. The molecule has 0 amide bonds. The molecule has 9 heteroatoms. The minimum absolute atomic E-state index is 0.0465. The number of unbranched alkanes of at least 4 members (excludes halogenated alkanes) is 1. The number of carboxylic acids is 1. The van der Waals surface area contributed by atoms with Gasteiger partial charge in [0.1, 0.15) is 6.61 Å². The van der Waals surface area contributed by atoms with E-state index in [1.807, 2.05) is 0 Å². The maximum Gasteiger partial charge on any atom is 0.330 e. The molecule has 0 saturated heterocycles. The molecule has 9 nitrogen and oxygen atoms in total. The summed E-state index contributed by atoms with van der Waals surface area (Å²) in [5.41, 5.74) is 0. The molecule has 1 atom stereocenters. The van der Waals surface area contributed by atoms with Gasteiger partial charge in [-0.15, -0.1) is 0 Å². The molecule has 0 saturated carbocycles. The van der Waals surface area contributed by atoms with Crippen molar-refractivity contribution in [2.24, 2.45) is 5.92 Å². The summed E-state index contributed by atoms with van der Waals surface area (Å²) < 4.78 is 13.5. The maximum absolute atomic E-state index is 10.8. The van der Waals surface area contributed by atoms with Crippen LogP contribution in [0.4, 0.5) is 0 Å². The van der Waals surface area contributed by atoms with Crippen LogP contribution in [-0.2, 0) is 33.4 Å². The number of hydrogen-bond donors (Lipinski definition) is 2. The Labute approximate surface area is 191 Å². The van der Waals surface area contributed by atoms with E-state index in [0.29, 0.717) is 12.5 Å². The van der Waals surface area contributed by atoms with E-state index in [9.17, 15) is 19.2 Å². The van der Waals surface area contributed by atoms with Crippen LogP contribution in [-0.4, -0.2) is 53.9 Å². The lowest BCUT2D eigenvalue weighted by Gasteiger charge is -2.13. The van der Waals surface area contributed by atoms with E-state index in [1.54, 1.807) is 0 Å². The van der Waals surface area contributed by atoms with Gasteiger partial charge in [-0.05, 0) is 12.3 Å². The molecule has 184 valence electrons. The van der Waals surface area contributed by atoms with Gasteiger partial charge in [-0.1, -0.05) is 59.4 Å². The Morgan fingerprint density at radius 2 is 1.44 bits per heavy atom. The van der Waals surface area contributed by atoms with Crippen LogP contribution in [0.25, 0.3) is 0 Å². The Bertz CT molecular complexity index is 554. The minimum atomic E-state index is -0.981. The first kappa shape index (κ1) is 36.2. The summed E-state index contributed by atoms with van der Waals surface area (Å²) in [5.74, 6) is -1.60. The van der Waals surface area contributed by atoms with Crippen LogP contribution in [0, 0.1) is 5.92 Å². The summed E-state index contributed by atoms with van der Waals surface area (Å²) in [4.78, 5) is 39.9. The van der Waals surface area contributed by atoms with Crippen LogP contribution in [0.3, 0.4) is 0 Å². The Hall–Kier alpha value is -3.20. The molecule has 0 aromatic carbocycles. The standard InChI is InChI=1S/C11H20O2.C5H8O3.C4H6O2.C3H4O2/c1-4-7-8-10(5-2)9-13-11(12)6-3;1-2-5(7)8-4-3-6;1-3-6-4(2)5;1-2-3(4)5/h6,10H,3-5,7-9H2,1-2H3;2,6H,1,3-4H2;3H,1H2,2H3;2H,1H2,(H,4,5). The van der Waals surface area contributed by atoms with Crippen molar-refractivity contribution in [1.82, 2.24) is 0 Å². The van der Waals surface area contributed by atoms with E-state index in [1.165, 1.54) is 25.8 Å². The van der Waals surface area contributed by atoms with E-state index in [4.69, 9.17) is 14.9 Å². The molecule has 0 bridgehead atoms. The van der Waals surface area contributed by atoms with E-state index < -0.39 is 11.9 Å². The lowest BCUT2D eigenvalue weighted by atomic mass is 10.0. The smallest absolute Gasteiger partial charge is 0.330 e. The fourth-order valence-electron chi connectivity index (χ4n) is 1.48. The van der Waals surface area contributed by atoms with Crippen molar-refractivity contribution < 1.29 is 43.6 Å². The van der Waals surface area contributed by atoms with Crippen LogP contribution < -0.4 is 0 Å². The number of carbonyl (C=O) groups excluding carboxylic acids is 3. The summed E-state index contributed by atoms with van der Waals surface area (Å²) in [7, 11) is 0. The van der Waals surface area contributed by atoms with Gasteiger partial charge in [-0.25, -0.2) is 14.4 Å². The molecule has 0 rings (SSSR count). The number of hydrogen-bond acceptors (Lipinski definition) is 8. The molecule has 32 heavy (non-hydrogen) atoms. The van der Waals surface area contributed by atoms with Crippen LogP contribution >= 0.6 is 0 Å². The monoisotopic (exact) mass is 458 g/mol. The molecule has 0 heterocycles. The third-order valence-corrected chi connectivity index (χ3v) is 3.10. The number of aliphatic hydroxyl groups is 1. The maximum atomic E-state index is 10.8. The van der Waals surface area contributed by atoms with Crippen molar-refractivity contribution in [2.45, 2.75) is 46.5 Å². The zero-order valence-electron chi connectivity index (χ0n) is 19.4. The summed E-state index contributed by atoms with van der Waals surface area (Å²) in [6.45, 7) is 18.7. The number of aliphatic hydroxyl groups excluding tert-OH is 1. The van der Waals surface area contributed by atoms with E-state index >= 15 is 0 Å². The minimum Gasteiger partial charge on any atom is -0.478 e. The van der Waals surface area contributed by atoms with Gasteiger partial charge in [0.15, 0.2) is 0 Å². The average Bonchev–Trinajstić information content (AvgIpc) is 2.78. The second-order valence-electron chi connectivity index (χ2n) is 5.66. The molecule has 0 fully saturated rings. The number of aliphatic carboxylic acids is 1. The Morgan fingerprint density at radius 1 is 0.938 bits per heavy atom. The zero-order chi connectivity index (χ0) is 25.8. The summed E-state index contributed by atoms with van der Waals surface area (Å²) in [5, 5.41) is 15.7. The number of rotatable bonds is 12. The quantitative estimate of drug-likeness (QED) is 0.194. The predicted octanol–water partition coefficient (Wildman–Crippen LogP) is 3.59. The first-order chi connectivity index (χ1) is 15.1. The van der Waals surface area contributed by atoms with E-state index in [2.05, 4.69) is 49.6 Å². The molecule has 0 spiro atoms. The van der Waals surface area contributed by atoms with Gasteiger partial charge in [0, 0.05) is 25.2 Å². The lowest BCUT2D eigenvalue weighted by Crippen LogP contribution is -2.12. The first-order valence-corrected chi connectivity index (χ1v) is 9.92. The highest BCUT2D eigenvalue weighted by Gasteiger charge is 2.07. The third-order valence-electron chi connectivity index (χ3n) is 3.10. The van der Waals surface area contributed by atoms with Crippen molar-refractivity contribution in [3.8, 4) is 0 Å². The molecule has 0 radical (unpaired) electrons. The molecule has 0 aliphatic heterocycles. The summed E-state index contributed by atoms with van der Waals surface area (Å²) >= 11 is 0. The highest BCUT2D eigenvalue weighted by Crippen LogP contribution is 2.12. The molecule has 0 aliphatic carbocycles. The molecule has 1 unspecified atom stereocenters. The van der Waals surface area contributed by atoms with Gasteiger partial charge in [0.2, 0.25) is 0 Å². The van der Waals surface area contributed by atoms with Crippen LogP contribution in [0.15, 0.2) is 50.8 Å². The van der Waals surface area contributed by atoms with Gasteiger partial charge >= 0.3 is 23.9 Å². The Balaban J connectivity index is -0.000000177. The lowest BCUT2D eigenvalue weighted by molar-refractivity contribution is -0.139. The molecular formula is C23H38O9. The average molecular weight is 459 g/mol. The number of ether oxygens (including phenoxy) is 3. The Morgan fingerprint density at radius 3 is 1.72 bits per heavy atom. The van der Waals surface area contributed by atoms with Crippen LogP contribution in [0.2, 0.25) is 0 Å². The van der Waals surface area contributed by atoms with Gasteiger partial charge in [-0.2, -0.15) is 0 Å². The highest BCUT2D eigenvalue weighted by molar-refractivity contribution is 5.81. The predicted molar refractivity (Wildman–Crippen MR) is 122 cm³/mol. The second kappa shape index (κ2) is 30.0. The molecule has 2 N–H and O–H groups in total. The molecular weight excluding hydrogens is 420 g/mol. The molecule has 0 aromatic heterocycles. The van der Waals surface area contributed by atoms with Crippen molar-refractivity contribution in [2.75, 3.05) is 19.8 Å². The number of carboxylic acid groups (broad SMARTS) is 1. The third kappa shape index (κ3) is 41.2. The topological polar surface area (TPSA) is 136 Å². The van der Waals surface area contributed by atoms with Crippen molar-refractivity contribution in [3.63, 3.8) is 0 Å². The van der Waals surface area contributed by atoms with Crippen LogP contribution in [0.5, 0.6) is 0 Å². The van der Waals surface area contributed by atoms with Gasteiger partial charge in [0.05, 0.1) is 19.5 Å². The highest BCUT2D eigenvalue weighted by atomic mass is 16.5. The van der Waals surface area contributed by atoms with Crippen molar-refractivity contribution in [3.05, 3.63) is 50.8 Å². The van der Waals surface area contributed by atoms with Crippen LogP contribution in [0.1, 0.15) is 46.5 Å². The normalized spacial score (nSPS) is 9.25. The molecule has 0 aromatic rings. The fraction of sp³-hybridized carbons (Fsp3) is 0.478. The largest absolute Gasteiger partial charge is 0.478 e. The van der Waals surface area contributed by atoms with Gasteiger partial charge in [0.25, 0.3) is 0 Å². The Kier molecular flexibility index (Phi) is 33.9. The van der Waals surface area contributed by atoms with Gasteiger partial charge < -0.3 is 24.4 Å². The SMILES string of the molecule is C=CC(=O)O.C=CC(=O)OCC(CC)CCCC.C=CC(=O)OCCO.C=COC(C)=O. The van der Waals surface area contributed by atoms with E-state index in [0.717, 1.165) is 31.3 Å². The number of carbonyl (C=O) groups is 4. The second-order valence-corrected chi connectivity index (χ2v) is 5.66. The zero-order valence-corrected chi connectivity index (χ0v) is 19.4. The molecule has 0 aliphatic rings. The van der Waals surface area contributed by atoms with Gasteiger partial charge in [-0.3, -0.25) is 4.79 Å². The van der Waals surface area contributed by atoms with Crippen molar-refractivity contribution >= 4 is 23.9 Å².